The summed E-state index contributed by atoms with van der Waals surface area (Å²) in [5.41, 5.74) is 4.04. The minimum absolute atomic E-state index is 0.0293. The zero-order chi connectivity index (χ0) is 20.4. The second-order valence-electron chi connectivity index (χ2n) is 8.31. The molecule has 3 aromatic rings. The Labute approximate surface area is 173 Å². The highest BCUT2D eigenvalue weighted by atomic mass is 16.1. The second-order valence-corrected chi connectivity index (χ2v) is 8.31. The van der Waals surface area contributed by atoms with E-state index in [1.807, 2.05) is 25.1 Å². The first-order valence-electron chi connectivity index (χ1n) is 10.5. The summed E-state index contributed by atoms with van der Waals surface area (Å²) in [6.07, 6.45) is 7.77. The van der Waals surface area contributed by atoms with Crippen LogP contribution in [0.2, 0.25) is 0 Å². The van der Waals surface area contributed by atoms with Gasteiger partial charge in [-0.15, -0.1) is 0 Å². The number of rotatable bonds is 5. The van der Waals surface area contributed by atoms with Crippen LogP contribution in [0.25, 0.3) is 5.65 Å². The smallest absolute Gasteiger partial charge is 0.253 e. The van der Waals surface area contributed by atoms with Crippen LogP contribution in [0.3, 0.4) is 0 Å². The molecule has 0 aliphatic heterocycles. The minimum Gasteiger partial charge on any atom is -0.368 e. The molecule has 0 bridgehead atoms. The topological polar surface area (TPSA) is 71.3 Å². The molecule has 0 saturated heterocycles. The number of aromatic nitrogens is 3. The lowest BCUT2D eigenvalue weighted by molar-refractivity contribution is 0.0926. The molecule has 0 spiro atoms. The minimum atomic E-state index is -0.0293. The average molecular weight is 387 g/mol. The van der Waals surface area contributed by atoms with E-state index >= 15 is 0 Å². The molecule has 1 aliphatic rings. The van der Waals surface area contributed by atoms with Crippen molar-refractivity contribution in [1.82, 2.24) is 19.7 Å². The van der Waals surface area contributed by atoms with Crippen molar-refractivity contribution < 1.29 is 4.79 Å². The number of amides is 1. The number of carbonyl (C=O) groups is 1. The molecule has 29 heavy (non-hydrogen) atoms. The van der Waals surface area contributed by atoms with Gasteiger partial charge in [-0.3, -0.25) is 14.2 Å². The van der Waals surface area contributed by atoms with Crippen molar-refractivity contribution in [1.29, 1.82) is 0 Å². The van der Waals surface area contributed by atoms with Gasteiger partial charge in [0.2, 0.25) is 0 Å². The van der Waals surface area contributed by atoms with E-state index in [0.717, 1.165) is 48.5 Å². The van der Waals surface area contributed by atoms with Crippen LogP contribution in [0.15, 0.2) is 42.7 Å². The van der Waals surface area contributed by atoms with Crippen LogP contribution in [0.5, 0.6) is 0 Å². The van der Waals surface area contributed by atoms with Crippen molar-refractivity contribution in [2.45, 2.75) is 50.4 Å². The van der Waals surface area contributed by atoms with Gasteiger partial charge in [0.25, 0.3) is 5.91 Å². The predicted molar refractivity (Wildman–Crippen MR) is 121 cm³/mol. The molecule has 8 heteroatoms. The molecule has 1 saturated carbocycles. The summed E-state index contributed by atoms with van der Waals surface area (Å²) in [5, 5.41) is 6.85. The van der Waals surface area contributed by atoms with Gasteiger partial charge in [0.1, 0.15) is 27.2 Å². The van der Waals surface area contributed by atoms with Crippen LogP contribution in [-0.2, 0) is 0 Å². The largest absolute Gasteiger partial charge is 0.368 e. The number of hydrogen-bond donors (Lipinski definition) is 2. The lowest BCUT2D eigenvalue weighted by atomic mass is 9.69. The van der Waals surface area contributed by atoms with Crippen LogP contribution in [0, 0.1) is 6.92 Å². The fourth-order valence-corrected chi connectivity index (χ4v) is 3.89. The van der Waals surface area contributed by atoms with Crippen LogP contribution in [0.4, 0.5) is 5.82 Å². The summed E-state index contributed by atoms with van der Waals surface area (Å²) < 4.78 is 2.15. The summed E-state index contributed by atoms with van der Waals surface area (Å²) in [4.78, 5) is 21.3. The van der Waals surface area contributed by atoms with Gasteiger partial charge in [0, 0.05) is 35.9 Å². The van der Waals surface area contributed by atoms with Gasteiger partial charge >= 0.3 is 0 Å². The summed E-state index contributed by atoms with van der Waals surface area (Å²) in [6.45, 7) is 1.92. The number of fused-ring (bicyclic) bond motifs is 1. The molecule has 6 nitrogen and oxygen atoms in total. The van der Waals surface area contributed by atoms with Crippen molar-refractivity contribution in [2.75, 3.05) is 5.32 Å². The maximum absolute atomic E-state index is 12.4. The number of hydrogen-bond acceptors (Lipinski definition) is 4. The molecule has 148 valence electrons. The van der Waals surface area contributed by atoms with Gasteiger partial charge in [-0.2, -0.15) is 0 Å². The molecule has 1 fully saturated rings. The first kappa shape index (κ1) is 19.6. The Morgan fingerprint density at radius 1 is 1.14 bits per heavy atom. The Hall–Kier alpha value is -2.76. The van der Waals surface area contributed by atoms with E-state index in [0.29, 0.717) is 17.3 Å². The van der Waals surface area contributed by atoms with Crippen LogP contribution in [0.1, 0.15) is 53.1 Å². The molecule has 3 aromatic heterocycles. The third kappa shape index (κ3) is 4.47. The maximum atomic E-state index is 12.4. The van der Waals surface area contributed by atoms with Gasteiger partial charge in [-0.1, -0.05) is 11.8 Å². The van der Waals surface area contributed by atoms with Gasteiger partial charge in [-0.05, 0) is 56.9 Å². The average Bonchev–Trinajstić information content (AvgIpc) is 3.16. The van der Waals surface area contributed by atoms with Crippen LogP contribution < -0.4 is 10.6 Å². The van der Waals surface area contributed by atoms with Gasteiger partial charge in [0.05, 0.1) is 5.56 Å². The molecular formula is C21H27B2N5O. The van der Waals surface area contributed by atoms with E-state index in [4.69, 9.17) is 4.98 Å². The van der Waals surface area contributed by atoms with Crippen molar-refractivity contribution in [2.24, 2.45) is 0 Å². The summed E-state index contributed by atoms with van der Waals surface area (Å²) >= 11 is 0. The first-order chi connectivity index (χ1) is 14.0. The lowest BCUT2D eigenvalue weighted by Gasteiger charge is -2.30. The zero-order valence-electron chi connectivity index (χ0n) is 17.4. The molecule has 0 aromatic carbocycles. The van der Waals surface area contributed by atoms with Crippen LogP contribution in [-0.4, -0.2) is 48.1 Å². The number of imidazole rings is 1. The van der Waals surface area contributed by atoms with E-state index in [9.17, 15) is 4.79 Å². The second kappa shape index (κ2) is 8.31. The fraction of sp³-hybridized carbons (Fsp3) is 0.381. The summed E-state index contributed by atoms with van der Waals surface area (Å²) in [7, 11) is 4.33. The maximum Gasteiger partial charge on any atom is 0.253 e. The molecule has 1 aliphatic carbocycles. The predicted octanol–water partition coefficient (Wildman–Crippen LogP) is 1.46. The Morgan fingerprint density at radius 3 is 2.59 bits per heavy atom. The van der Waals surface area contributed by atoms with Gasteiger partial charge in [-0.25, -0.2) is 4.98 Å². The molecule has 2 N–H and O–H groups in total. The number of carbonyl (C=O) groups excluding carboxylic acids is 1. The van der Waals surface area contributed by atoms with E-state index in [-0.39, 0.29) is 11.9 Å². The number of aryl methyl sites for hydroxylation is 1. The molecule has 0 radical (unpaired) electrons. The summed E-state index contributed by atoms with van der Waals surface area (Å²) in [5.74, 6) is 1.05. The first-order valence-corrected chi connectivity index (χ1v) is 10.5. The van der Waals surface area contributed by atoms with E-state index in [1.165, 1.54) is 0 Å². The molecular weight excluding hydrogens is 360 g/mol. The van der Waals surface area contributed by atoms with Gasteiger partial charge < -0.3 is 10.6 Å². The van der Waals surface area contributed by atoms with E-state index < -0.39 is 0 Å². The third-order valence-corrected chi connectivity index (χ3v) is 5.69. The lowest BCUT2D eigenvalue weighted by Crippen LogP contribution is -2.40. The molecule has 0 atom stereocenters. The van der Waals surface area contributed by atoms with E-state index in [1.54, 1.807) is 6.20 Å². The SMILES string of the molecule is BC(B)c1cn2c(NC3CCC(NC(=O)c4ccc(C)nc4)CC3)cccc2n1. The number of nitrogens with one attached hydrogen (secondary N) is 2. The molecule has 3 heterocycles. The summed E-state index contributed by atoms with van der Waals surface area (Å²) in [6, 6.07) is 10.5. The number of nitrogens with zero attached hydrogens (tertiary/aromatic N) is 3. The standard InChI is InChI=1S/C21H27B2N5O/c1-13-5-6-14(11-24-13)21(29)26-16-9-7-15(8-10-16)25-18-3-2-4-19-27-17(20(22)23)12-28(18)19/h2-6,11-12,15-16,20,25H,7-10,22-23H2,1H3,(H,26,29). The Balaban J connectivity index is 1.35. The monoisotopic (exact) mass is 387 g/mol. The molecule has 0 unspecified atom stereocenters. The quantitative estimate of drug-likeness (QED) is 0.651. The zero-order valence-corrected chi connectivity index (χ0v) is 17.4. The number of anilines is 1. The van der Waals surface area contributed by atoms with E-state index in [2.05, 4.69) is 54.0 Å². The Bertz CT molecular complexity index is 994. The number of pyridine rings is 2. The van der Waals surface area contributed by atoms with Crippen molar-refractivity contribution in [3.63, 3.8) is 0 Å². The third-order valence-electron chi connectivity index (χ3n) is 5.69. The van der Waals surface area contributed by atoms with Crippen molar-refractivity contribution >= 4 is 33.1 Å². The van der Waals surface area contributed by atoms with Crippen molar-refractivity contribution in [3.8, 4) is 0 Å². The highest BCUT2D eigenvalue weighted by Gasteiger charge is 2.23. The fourth-order valence-electron chi connectivity index (χ4n) is 3.89. The normalized spacial score (nSPS) is 19.4. The Morgan fingerprint density at radius 2 is 1.90 bits per heavy atom. The van der Waals surface area contributed by atoms with Crippen molar-refractivity contribution in [3.05, 3.63) is 59.7 Å². The molecule has 1 amide bonds. The highest BCUT2D eigenvalue weighted by Crippen LogP contribution is 2.24. The van der Waals surface area contributed by atoms with Crippen LogP contribution >= 0.6 is 0 Å². The van der Waals surface area contributed by atoms with Gasteiger partial charge in [0.15, 0.2) is 0 Å². The Kier molecular flexibility index (Phi) is 5.60. The molecule has 4 rings (SSSR count). The highest BCUT2D eigenvalue weighted by molar-refractivity contribution is 6.35.